The predicted octanol–water partition coefficient (Wildman–Crippen LogP) is 4.61. The van der Waals surface area contributed by atoms with Crippen LogP contribution < -0.4 is 0 Å². The summed E-state index contributed by atoms with van der Waals surface area (Å²) in [5.74, 6) is 0. The molecule has 0 heterocycles. The predicted molar refractivity (Wildman–Crippen MR) is 94.1 cm³/mol. The first-order valence-corrected chi connectivity index (χ1v) is 9.54. The Morgan fingerprint density at radius 1 is 1.09 bits per heavy atom. The maximum atomic E-state index is 12.2. The van der Waals surface area contributed by atoms with E-state index in [1.54, 1.807) is 12.1 Å². The standard InChI is InChI=1S/C17H19NO3S2/c1-3-7-17(22-15-8-5-4-6-9-15)18-21-23(19,20)16-12-10-14(2)11-13-16/h4-6,8-13H,3,7H2,1-2H3/b18-17-. The van der Waals surface area contributed by atoms with Crippen LogP contribution in [0.15, 0.2) is 69.5 Å². The van der Waals surface area contributed by atoms with Crippen LogP contribution in [0.2, 0.25) is 0 Å². The van der Waals surface area contributed by atoms with Crippen molar-refractivity contribution in [2.45, 2.75) is 36.5 Å². The molecule has 0 saturated carbocycles. The fourth-order valence-corrected chi connectivity index (χ4v) is 3.53. The van der Waals surface area contributed by atoms with Crippen LogP contribution in [-0.2, 0) is 14.4 Å². The Labute approximate surface area is 141 Å². The molecule has 2 aromatic carbocycles. The van der Waals surface area contributed by atoms with Crippen LogP contribution in [0.25, 0.3) is 0 Å². The lowest BCUT2D eigenvalue weighted by molar-refractivity contribution is 0.339. The van der Waals surface area contributed by atoms with Crippen molar-refractivity contribution in [2.75, 3.05) is 0 Å². The molecule has 2 aromatic rings. The van der Waals surface area contributed by atoms with Crippen LogP contribution in [0.3, 0.4) is 0 Å². The molecule has 0 aliphatic carbocycles. The second-order valence-corrected chi connectivity index (χ2v) is 7.67. The van der Waals surface area contributed by atoms with Crippen molar-refractivity contribution in [3.8, 4) is 0 Å². The zero-order valence-electron chi connectivity index (χ0n) is 13.1. The molecule has 0 spiro atoms. The highest BCUT2D eigenvalue weighted by Gasteiger charge is 2.16. The van der Waals surface area contributed by atoms with Crippen molar-refractivity contribution >= 4 is 26.9 Å². The molecule has 2 rings (SSSR count). The third kappa shape index (κ3) is 5.41. The molecule has 0 amide bonds. The average molecular weight is 349 g/mol. The van der Waals surface area contributed by atoms with Crippen molar-refractivity contribution in [1.82, 2.24) is 0 Å². The van der Waals surface area contributed by atoms with Gasteiger partial charge >= 0.3 is 10.1 Å². The fraction of sp³-hybridized carbons (Fsp3) is 0.235. The van der Waals surface area contributed by atoms with E-state index >= 15 is 0 Å². The van der Waals surface area contributed by atoms with Gasteiger partial charge in [0.1, 0.15) is 9.94 Å². The molecule has 0 N–H and O–H groups in total. The van der Waals surface area contributed by atoms with Crippen LogP contribution in [0.1, 0.15) is 25.3 Å². The number of oxime groups is 1. The Kier molecular flexibility index (Phi) is 6.24. The van der Waals surface area contributed by atoms with Crippen LogP contribution >= 0.6 is 11.8 Å². The second-order valence-electron chi connectivity index (χ2n) is 4.99. The average Bonchev–Trinajstić information content (AvgIpc) is 2.54. The molecule has 0 aliphatic heterocycles. The van der Waals surface area contributed by atoms with Crippen LogP contribution in [0, 0.1) is 6.92 Å². The molecule has 0 bridgehead atoms. The Balaban J connectivity index is 2.14. The molecular formula is C17H19NO3S2. The van der Waals surface area contributed by atoms with E-state index in [0.29, 0.717) is 11.5 Å². The highest BCUT2D eigenvalue weighted by atomic mass is 32.2. The van der Waals surface area contributed by atoms with Crippen molar-refractivity contribution in [3.63, 3.8) is 0 Å². The monoisotopic (exact) mass is 349 g/mol. The molecule has 0 atom stereocenters. The molecule has 4 nitrogen and oxygen atoms in total. The van der Waals surface area contributed by atoms with Gasteiger partial charge in [0, 0.05) is 4.90 Å². The minimum Gasteiger partial charge on any atom is -0.264 e. The summed E-state index contributed by atoms with van der Waals surface area (Å²) in [6.45, 7) is 3.90. The zero-order valence-corrected chi connectivity index (χ0v) is 14.7. The van der Waals surface area contributed by atoms with Gasteiger partial charge in [-0.2, -0.15) is 8.42 Å². The first-order valence-electron chi connectivity index (χ1n) is 7.31. The van der Waals surface area contributed by atoms with Crippen molar-refractivity contribution in [1.29, 1.82) is 0 Å². The number of hydrogen-bond donors (Lipinski definition) is 0. The highest BCUT2D eigenvalue weighted by Crippen LogP contribution is 2.23. The Bertz CT molecular complexity index is 754. The van der Waals surface area contributed by atoms with Gasteiger partial charge < -0.3 is 0 Å². The summed E-state index contributed by atoms with van der Waals surface area (Å²) in [6, 6.07) is 16.2. The summed E-state index contributed by atoms with van der Waals surface area (Å²) in [5.41, 5.74) is 0.985. The minimum absolute atomic E-state index is 0.104. The Morgan fingerprint density at radius 2 is 1.74 bits per heavy atom. The molecule has 0 aromatic heterocycles. The number of hydrogen-bond acceptors (Lipinski definition) is 5. The SMILES string of the molecule is CCC/C(=N/OS(=O)(=O)c1ccc(C)cc1)Sc1ccccc1. The Hall–Kier alpha value is -1.79. The normalized spacial score (nSPS) is 12.2. The number of nitrogens with zero attached hydrogens (tertiary/aromatic N) is 1. The third-order valence-electron chi connectivity index (χ3n) is 2.99. The molecule has 23 heavy (non-hydrogen) atoms. The lowest BCUT2D eigenvalue weighted by Gasteiger charge is -2.06. The van der Waals surface area contributed by atoms with Crippen molar-refractivity contribution in [2.24, 2.45) is 5.16 Å². The summed E-state index contributed by atoms with van der Waals surface area (Å²) in [6.07, 6.45) is 1.51. The first kappa shape index (κ1) is 17.6. The van der Waals surface area contributed by atoms with Gasteiger partial charge in [0.2, 0.25) is 0 Å². The maximum absolute atomic E-state index is 12.2. The van der Waals surface area contributed by atoms with Gasteiger partial charge in [-0.15, -0.1) is 0 Å². The topological polar surface area (TPSA) is 55.7 Å². The fourth-order valence-electron chi connectivity index (χ4n) is 1.79. The van der Waals surface area contributed by atoms with Crippen molar-refractivity contribution < 1.29 is 12.7 Å². The lowest BCUT2D eigenvalue weighted by Crippen LogP contribution is -2.04. The summed E-state index contributed by atoms with van der Waals surface area (Å²) in [4.78, 5) is 1.10. The smallest absolute Gasteiger partial charge is 0.264 e. The highest BCUT2D eigenvalue weighted by molar-refractivity contribution is 8.14. The second kappa shape index (κ2) is 8.17. The number of benzene rings is 2. The van der Waals surface area contributed by atoms with Crippen LogP contribution in [0.4, 0.5) is 0 Å². The van der Waals surface area contributed by atoms with Gasteiger partial charge in [-0.3, -0.25) is 4.28 Å². The molecule has 0 unspecified atom stereocenters. The Morgan fingerprint density at radius 3 is 2.35 bits per heavy atom. The van der Waals surface area contributed by atoms with Gasteiger partial charge in [0.05, 0.1) is 0 Å². The largest absolute Gasteiger partial charge is 0.358 e. The van der Waals surface area contributed by atoms with Gasteiger partial charge in [-0.05, 0) is 44.0 Å². The molecule has 0 saturated heterocycles. The van der Waals surface area contributed by atoms with E-state index < -0.39 is 10.1 Å². The van der Waals surface area contributed by atoms with Crippen LogP contribution in [-0.4, -0.2) is 13.5 Å². The van der Waals surface area contributed by atoms with Gasteiger partial charge in [-0.1, -0.05) is 59.7 Å². The molecule has 0 aliphatic rings. The third-order valence-corrected chi connectivity index (χ3v) is 5.13. The van der Waals surface area contributed by atoms with E-state index in [1.165, 1.54) is 23.9 Å². The van der Waals surface area contributed by atoms with Crippen molar-refractivity contribution in [3.05, 3.63) is 60.2 Å². The summed E-state index contributed by atoms with van der Waals surface area (Å²) < 4.78 is 29.2. The molecule has 0 fully saturated rings. The van der Waals surface area contributed by atoms with E-state index in [0.717, 1.165) is 16.9 Å². The summed E-state index contributed by atoms with van der Waals surface area (Å²) in [7, 11) is -3.88. The van der Waals surface area contributed by atoms with Gasteiger partial charge in [0.25, 0.3) is 0 Å². The van der Waals surface area contributed by atoms with E-state index in [2.05, 4.69) is 5.16 Å². The summed E-state index contributed by atoms with van der Waals surface area (Å²) in [5, 5.41) is 4.50. The van der Waals surface area contributed by atoms with Gasteiger partial charge in [-0.25, -0.2) is 0 Å². The van der Waals surface area contributed by atoms with E-state index in [9.17, 15) is 8.42 Å². The quantitative estimate of drug-likeness (QED) is 0.331. The number of rotatable bonds is 6. The number of aryl methyl sites for hydroxylation is 1. The molecular weight excluding hydrogens is 330 g/mol. The lowest BCUT2D eigenvalue weighted by atomic mass is 10.2. The van der Waals surface area contributed by atoms with E-state index in [1.807, 2.05) is 44.2 Å². The van der Waals surface area contributed by atoms with E-state index in [-0.39, 0.29) is 4.90 Å². The minimum atomic E-state index is -3.88. The first-order chi connectivity index (χ1) is 11.0. The molecule has 0 radical (unpaired) electrons. The molecule has 6 heteroatoms. The zero-order chi connectivity index (χ0) is 16.7. The molecule has 122 valence electrons. The summed E-state index contributed by atoms with van der Waals surface area (Å²) >= 11 is 1.41. The number of thioether (sulfide) groups is 1. The van der Waals surface area contributed by atoms with E-state index in [4.69, 9.17) is 4.28 Å². The van der Waals surface area contributed by atoms with Crippen LogP contribution in [0.5, 0.6) is 0 Å². The maximum Gasteiger partial charge on any atom is 0.358 e. The van der Waals surface area contributed by atoms with Gasteiger partial charge in [0.15, 0.2) is 0 Å².